The lowest BCUT2D eigenvalue weighted by atomic mass is 10.1. The molecule has 1 aliphatic heterocycles. The molecule has 2 aromatic rings. The highest BCUT2D eigenvalue weighted by Crippen LogP contribution is 2.27. The van der Waals surface area contributed by atoms with Gasteiger partial charge in [0.25, 0.3) is 0 Å². The second-order valence-electron chi connectivity index (χ2n) is 5.39. The summed E-state index contributed by atoms with van der Waals surface area (Å²) >= 11 is 0. The molecule has 1 fully saturated rings. The van der Waals surface area contributed by atoms with E-state index in [0.717, 1.165) is 12.8 Å². The van der Waals surface area contributed by atoms with E-state index in [1.807, 2.05) is 0 Å². The molecule has 0 atom stereocenters. The standard InChI is InChI=1S/C14H17N5O3/c1-10(20)17-8-5-11(6-9-17)15-13-14(19(21)22)18-7-3-2-4-12(18)16-13/h2-4,7,11,15H,5-6,8-9H2,1H3. The zero-order valence-electron chi connectivity index (χ0n) is 12.2. The van der Waals surface area contributed by atoms with Crippen molar-refractivity contribution in [2.24, 2.45) is 0 Å². The molecule has 0 saturated carbocycles. The van der Waals surface area contributed by atoms with Crippen molar-refractivity contribution in [2.45, 2.75) is 25.8 Å². The van der Waals surface area contributed by atoms with E-state index >= 15 is 0 Å². The number of amides is 1. The third-order valence-electron chi connectivity index (χ3n) is 3.96. The quantitative estimate of drug-likeness (QED) is 0.687. The number of aromatic nitrogens is 2. The molecule has 0 unspecified atom stereocenters. The largest absolute Gasteiger partial charge is 0.372 e. The van der Waals surface area contributed by atoms with Gasteiger partial charge < -0.3 is 20.3 Å². The summed E-state index contributed by atoms with van der Waals surface area (Å²) in [5, 5.41) is 14.5. The highest BCUT2D eigenvalue weighted by Gasteiger charge is 2.27. The number of hydrogen-bond donors (Lipinski definition) is 1. The van der Waals surface area contributed by atoms with Crippen molar-refractivity contribution in [3.8, 4) is 0 Å². The van der Waals surface area contributed by atoms with Crippen LogP contribution < -0.4 is 5.32 Å². The number of carbonyl (C=O) groups is 1. The van der Waals surface area contributed by atoms with Gasteiger partial charge in [-0.25, -0.2) is 0 Å². The van der Waals surface area contributed by atoms with Gasteiger partial charge in [0.1, 0.15) is 0 Å². The topological polar surface area (TPSA) is 92.8 Å². The van der Waals surface area contributed by atoms with Crippen LogP contribution in [0.4, 0.5) is 11.6 Å². The summed E-state index contributed by atoms with van der Waals surface area (Å²) in [6, 6.07) is 5.34. The molecule has 1 aliphatic rings. The minimum atomic E-state index is -0.424. The van der Waals surface area contributed by atoms with Crippen LogP contribution in [0.1, 0.15) is 19.8 Å². The van der Waals surface area contributed by atoms with Gasteiger partial charge in [-0.3, -0.25) is 4.79 Å². The predicted octanol–water partition coefficient (Wildman–Crippen LogP) is 1.67. The van der Waals surface area contributed by atoms with Crippen molar-refractivity contribution >= 4 is 23.2 Å². The van der Waals surface area contributed by atoms with Crippen molar-refractivity contribution in [1.82, 2.24) is 14.3 Å². The minimum absolute atomic E-state index is 0.0513. The first-order valence-electron chi connectivity index (χ1n) is 7.20. The molecule has 0 aromatic carbocycles. The maximum Gasteiger partial charge on any atom is 0.372 e. The van der Waals surface area contributed by atoms with E-state index < -0.39 is 4.92 Å². The van der Waals surface area contributed by atoms with E-state index in [1.54, 1.807) is 36.2 Å². The van der Waals surface area contributed by atoms with E-state index in [4.69, 9.17) is 0 Å². The Labute approximate surface area is 126 Å². The Balaban J connectivity index is 1.81. The van der Waals surface area contributed by atoms with Crippen LogP contribution in [0.5, 0.6) is 0 Å². The van der Waals surface area contributed by atoms with E-state index in [2.05, 4.69) is 10.3 Å². The smallest absolute Gasteiger partial charge is 0.360 e. The van der Waals surface area contributed by atoms with E-state index in [0.29, 0.717) is 18.7 Å². The molecule has 0 spiro atoms. The number of pyridine rings is 1. The molecule has 2 aromatic heterocycles. The second kappa shape index (κ2) is 5.63. The Hall–Kier alpha value is -2.64. The molecule has 1 saturated heterocycles. The van der Waals surface area contributed by atoms with Crippen LogP contribution in [0.15, 0.2) is 24.4 Å². The number of hydrogen-bond acceptors (Lipinski definition) is 5. The highest BCUT2D eigenvalue weighted by molar-refractivity contribution is 5.73. The van der Waals surface area contributed by atoms with Gasteiger partial charge in [0.15, 0.2) is 0 Å². The monoisotopic (exact) mass is 303 g/mol. The van der Waals surface area contributed by atoms with Crippen molar-refractivity contribution in [3.05, 3.63) is 34.5 Å². The predicted molar refractivity (Wildman–Crippen MR) is 80.7 cm³/mol. The van der Waals surface area contributed by atoms with Crippen LogP contribution in [0.25, 0.3) is 5.65 Å². The maximum absolute atomic E-state index is 11.3. The van der Waals surface area contributed by atoms with Gasteiger partial charge in [0.2, 0.25) is 17.4 Å². The SMILES string of the molecule is CC(=O)N1CCC(Nc2nc3ccccn3c2[N+](=O)[O-])CC1. The first-order chi connectivity index (χ1) is 10.6. The molecule has 8 heteroatoms. The van der Waals surface area contributed by atoms with Crippen LogP contribution in [-0.4, -0.2) is 44.2 Å². The second-order valence-corrected chi connectivity index (χ2v) is 5.39. The zero-order chi connectivity index (χ0) is 15.7. The molecular formula is C14H17N5O3. The third-order valence-corrected chi connectivity index (χ3v) is 3.96. The number of nitrogens with zero attached hydrogens (tertiary/aromatic N) is 4. The zero-order valence-corrected chi connectivity index (χ0v) is 12.2. The lowest BCUT2D eigenvalue weighted by Gasteiger charge is -2.31. The van der Waals surface area contributed by atoms with Gasteiger partial charge in [-0.1, -0.05) is 6.07 Å². The van der Waals surface area contributed by atoms with Gasteiger partial charge in [-0.05, 0) is 23.8 Å². The average Bonchev–Trinajstić information content (AvgIpc) is 2.85. The highest BCUT2D eigenvalue weighted by atomic mass is 16.6. The number of likely N-dealkylation sites (tertiary alicyclic amines) is 1. The van der Waals surface area contributed by atoms with Crippen molar-refractivity contribution in [2.75, 3.05) is 18.4 Å². The normalized spacial score (nSPS) is 16.0. The number of nitro groups is 1. The lowest BCUT2D eigenvalue weighted by molar-refractivity contribution is -0.389. The molecule has 116 valence electrons. The van der Waals surface area contributed by atoms with Gasteiger partial charge in [-0.15, -0.1) is 0 Å². The van der Waals surface area contributed by atoms with E-state index in [-0.39, 0.29) is 23.6 Å². The third kappa shape index (κ3) is 2.59. The van der Waals surface area contributed by atoms with Gasteiger partial charge in [0, 0.05) is 32.1 Å². The van der Waals surface area contributed by atoms with E-state index in [9.17, 15) is 14.9 Å². The Morgan fingerprint density at radius 2 is 2.14 bits per heavy atom. The minimum Gasteiger partial charge on any atom is -0.360 e. The van der Waals surface area contributed by atoms with Crippen LogP contribution in [0.2, 0.25) is 0 Å². The fourth-order valence-corrected chi connectivity index (χ4v) is 2.79. The summed E-state index contributed by atoms with van der Waals surface area (Å²) in [6.07, 6.45) is 3.14. The number of carbonyl (C=O) groups excluding carboxylic acids is 1. The Morgan fingerprint density at radius 1 is 1.41 bits per heavy atom. The maximum atomic E-state index is 11.3. The molecule has 1 amide bonds. The summed E-state index contributed by atoms with van der Waals surface area (Å²) in [7, 11) is 0. The van der Waals surface area contributed by atoms with Crippen molar-refractivity contribution in [1.29, 1.82) is 0 Å². The fourth-order valence-electron chi connectivity index (χ4n) is 2.79. The van der Waals surface area contributed by atoms with Crippen LogP contribution in [-0.2, 0) is 4.79 Å². The Bertz CT molecular complexity index is 718. The molecule has 3 rings (SSSR count). The van der Waals surface area contributed by atoms with Crippen molar-refractivity contribution in [3.63, 3.8) is 0 Å². The molecule has 3 heterocycles. The number of nitrogens with one attached hydrogen (secondary N) is 1. The van der Waals surface area contributed by atoms with Crippen LogP contribution in [0, 0.1) is 10.1 Å². The summed E-state index contributed by atoms with van der Waals surface area (Å²) in [5.41, 5.74) is 0.540. The summed E-state index contributed by atoms with van der Waals surface area (Å²) in [4.78, 5) is 28.3. The van der Waals surface area contributed by atoms with Crippen LogP contribution >= 0.6 is 0 Å². The van der Waals surface area contributed by atoms with Crippen LogP contribution in [0.3, 0.4) is 0 Å². The summed E-state index contributed by atoms with van der Waals surface area (Å²) < 4.78 is 1.47. The van der Waals surface area contributed by atoms with Crippen molar-refractivity contribution < 1.29 is 9.72 Å². The number of anilines is 1. The van der Waals surface area contributed by atoms with Gasteiger partial charge in [-0.2, -0.15) is 9.38 Å². The first-order valence-corrected chi connectivity index (χ1v) is 7.20. The molecule has 0 radical (unpaired) electrons. The number of rotatable bonds is 3. The van der Waals surface area contributed by atoms with Gasteiger partial charge >= 0.3 is 5.82 Å². The molecular weight excluding hydrogens is 286 g/mol. The molecule has 0 bridgehead atoms. The number of fused-ring (bicyclic) bond motifs is 1. The summed E-state index contributed by atoms with van der Waals surface area (Å²) in [6.45, 7) is 2.88. The molecule has 0 aliphatic carbocycles. The Morgan fingerprint density at radius 3 is 2.77 bits per heavy atom. The number of piperidine rings is 1. The van der Waals surface area contributed by atoms with Gasteiger partial charge in [0.05, 0.1) is 6.20 Å². The summed E-state index contributed by atoms with van der Waals surface area (Å²) in [5.74, 6) is 0.305. The lowest BCUT2D eigenvalue weighted by Crippen LogP contribution is -2.41. The van der Waals surface area contributed by atoms with E-state index in [1.165, 1.54) is 4.40 Å². The average molecular weight is 303 g/mol. The molecule has 1 N–H and O–H groups in total. The fraction of sp³-hybridized carbons (Fsp3) is 0.429. The Kier molecular flexibility index (Phi) is 3.66. The molecule has 8 nitrogen and oxygen atoms in total. The number of imidazole rings is 1. The first kappa shape index (κ1) is 14.3. The molecule has 22 heavy (non-hydrogen) atoms.